The maximum absolute atomic E-state index is 11.8. The molecule has 94 valence electrons. The number of hydrogen-bond donors (Lipinski definition) is 2. The van der Waals surface area contributed by atoms with Crippen LogP contribution in [0.1, 0.15) is 33.1 Å². The van der Waals surface area contributed by atoms with Gasteiger partial charge in [-0.15, -0.1) is 0 Å². The molecule has 0 saturated carbocycles. The Morgan fingerprint density at radius 2 is 2.19 bits per heavy atom. The highest BCUT2D eigenvalue weighted by Gasteiger charge is 2.21. The third kappa shape index (κ3) is 4.10. The summed E-state index contributed by atoms with van der Waals surface area (Å²) >= 11 is 0. The summed E-state index contributed by atoms with van der Waals surface area (Å²) in [5.41, 5.74) is 0. The highest BCUT2D eigenvalue weighted by molar-refractivity contribution is 5.78. The van der Waals surface area contributed by atoms with E-state index in [4.69, 9.17) is 0 Å². The fourth-order valence-corrected chi connectivity index (χ4v) is 2.14. The van der Waals surface area contributed by atoms with Crippen molar-refractivity contribution in [2.45, 2.75) is 45.2 Å². The van der Waals surface area contributed by atoms with Crippen molar-refractivity contribution >= 4 is 5.91 Å². The van der Waals surface area contributed by atoms with Gasteiger partial charge in [0.05, 0.1) is 6.54 Å². The highest BCUT2D eigenvalue weighted by atomic mass is 16.2. The standard InChI is InChI=1S/C12H25N3O/c1-4-10(5-2)14-12(16)9-15(3)11-6-7-13-8-11/h10-11,13H,4-9H2,1-3H3,(H,14,16). The van der Waals surface area contributed by atoms with Crippen LogP contribution in [0.5, 0.6) is 0 Å². The molecule has 0 aliphatic carbocycles. The van der Waals surface area contributed by atoms with Gasteiger partial charge in [-0.1, -0.05) is 13.8 Å². The van der Waals surface area contributed by atoms with Gasteiger partial charge in [0, 0.05) is 18.6 Å². The van der Waals surface area contributed by atoms with Crippen molar-refractivity contribution in [3.05, 3.63) is 0 Å². The number of carbonyl (C=O) groups excluding carboxylic acids is 1. The Bertz CT molecular complexity index is 210. The van der Waals surface area contributed by atoms with E-state index >= 15 is 0 Å². The van der Waals surface area contributed by atoms with Crippen molar-refractivity contribution < 1.29 is 4.79 Å². The zero-order valence-corrected chi connectivity index (χ0v) is 10.8. The zero-order valence-electron chi connectivity index (χ0n) is 10.8. The molecule has 1 rings (SSSR count). The third-order valence-electron chi connectivity index (χ3n) is 3.40. The molecule has 1 unspecified atom stereocenters. The SMILES string of the molecule is CCC(CC)NC(=O)CN(C)C1CCNC1. The van der Waals surface area contributed by atoms with Crippen LogP contribution in [0.2, 0.25) is 0 Å². The molecule has 16 heavy (non-hydrogen) atoms. The maximum Gasteiger partial charge on any atom is 0.234 e. The number of likely N-dealkylation sites (N-methyl/N-ethyl adjacent to an activating group) is 1. The Morgan fingerprint density at radius 3 is 2.69 bits per heavy atom. The molecular formula is C12H25N3O. The average Bonchev–Trinajstić information content (AvgIpc) is 2.79. The smallest absolute Gasteiger partial charge is 0.234 e. The minimum absolute atomic E-state index is 0.156. The first-order valence-corrected chi connectivity index (χ1v) is 6.37. The van der Waals surface area contributed by atoms with Gasteiger partial charge in [0.2, 0.25) is 5.91 Å². The summed E-state index contributed by atoms with van der Waals surface area (Å²) in [4.78, 5) is 13.9. The molecular weight excluding hydrogens is 202 g/mol. The van der Waals surface area contributed by atoms with Crippen molar-refractivity contribution in [3.63, 3.8) is 0 Å². The Kier molecular flexibility index (Phi) is 5.77. The lowest BCUT2D eigenvalue weighted by Gasteiger charge is -2.24. The molecule has 1 fully saturated rings. The van der Waals surface area contributed by atoms with Crippen LogP contribution in [-0.2, 0) is 4.79 Å². The Balaban J connectivity index is 2.26. The van der Waals surface area contributed by atoms with Gasteiger partial charge in [-0.05, 0) is 32.9 Å². The lowest BCUT2D eigenvalue weighted by molar-refractivity contribution is -0.123. The second kappa shape index (κ2) is 6.86. The first kappa shape index (κ1) is 13.5. The van der Waals surface area contributed by atoms with Crippen LogP contribution in [-0.4, -0.2) is 49.6 Å². The summed E-state index contributed by atoms with van der Waals surface area (Å²) in [7, 11) is 2.03. The molecule has 1 amide bonds. The summed E-state index contributed by atoms with van der Waals surface area (Å²) in [5.74, 6) is 0.156. The quantitative estimate of drug-likeness (QED) is 0.698. The van der Waals surface area contributed by atoms with Gasteiger partial charge in [-0.3, -0.25) is 9.69 Å². The molecule has 0 aromatic heterocycles. The molecule has 0 radical (unpaired) electrons. The van der Waals surface area contributed by atoms with E-state index in [0.29, 0.717) is 18.6 Å². The molecule has 1 atom stereocenters. The number of amides is 1. The zero-order chi connectivity index (χ0) is 12.0. The molecule has 2 N–H and O–H groups in total. The highest BCUT2D eigenvalue weighted by Crippen LogP contribution is 2.05. The lowest BCUT2D eigenvalue weighted by atomic mass is 10.1. The van der Waals surface area contributed by atoms with E-state index in [1.54, 1.807) is 0 Å². The normalized spacial score (nSPS) is 20.7. The van der Waals surface area contributed by atoms with Gasteiger partial charge >= 0.3 is 0 Å². The van der Waals surface area contributed by atoms with E-state index in [0.717, 1.165) is 32.4 Å². The second-order valence-electron chi connectivity index (χ2n) is 4.64. The number of nitrogens with one attached hydrogen (secondary N) is 2. The minimum atomic E-state index is 0.156. The van der Waals surface area contributed by atoms with Crippen molar-refractivity contribution in [2.24, 2.45) is 0 Å². The van der Waals surface area contributed by atoms with Crippen LogP contribution < -0.4 is 10.6 Å². The second-order valence-corrected chi connectivity index (χ2v) is 4.64. The van der Waals surface area contributed by atoms with E-state index in [1.165, 1.54) is 0 Å². The van der Waals surface area contributed by atoms with E-state index in [2.05, 4.69) is 29.4 Å². The van der Waals surface area contributed by atoms with Gasteiger partial charge in [0.25, 0.3) is 0 Å². The van der Waals surface area contributed by atoms with Crippen LogP contribution in [0.4, 0.5) is 0 Å². The predicted octanol–water partition coefficient (Wildman–Crippen LogP) is 0.585. The molecule has 1 heterocycles. The molecule has 0 bridgehead atoms. The van der Waals surface area contributed by atoms with E-state index in [-0.39, 0.29) is 5.91 Å². The predicted molar refractivity (Wildman–Crippen MR) is 66.4 cm³/mol. The summed E-state index contributed by atoms with van der Waals surface area (Å²) < 4.78 is 0. The summed E-state index contributed by atoms with van der Waals surface area (Å²) in [6.45, 7) is 6.82. The Hall–Kier alpha value is -0.610. The molecule has 0 aromatic rings. The van der Waals surface area contributed by atoms with E-state index < -0.39 is 0 Å². The average molecular weight is 227 g/mol. The van der Waals surface area contributed by atoms with Crippen molar-refractivity contribution in [1.29, 1.82) is 0 Å². The van der Waals surface area contributed by atoms with E-state index in [1.807, 2.05) is 7.05 Å². The van der Waals surface area contributed by atoms with Crippen LogP contribution in [0, 0.1) is 0 Å². The first-order chi connectivity index (χ1) is 7.67. The van der Waals surface area contributed by atoms with Crippen LogP contribution in [0.15, 0.2) is 0 Å². The summed E-state index contributed by atoms with van der Waals surface area (Å²) in [6.07, 6.45) is 3.17. The molecule has 1 saturated heterocycles. The molecule has 1 aliphatic heterocycles. The van der Waals surface area contributed by atoms with Gasteiger partial charge in [-0.2, -0.15) is 0 Å². The lowest BCUT2D eigenvalue weighted by Crippen LogP contribution is -2.44. The monoisotopic (exact) mass is 227 g/mol. The van der Waals surface area contributed by atoms with Crippen molar-refractivity contribution in [1.82, 2.24) is 15.5 Å². The summed E-state index contributed by atoms with van der Waals surface area (Å²) in [6, 6.07) is 0.857. The molecule has 4 nitrogen and oxygen atoms in total. The number of carbonyl (C=O) groups is 1. The van der Waals surface area contributed by atoms with Gasteiger partial charge < -0.3 is 10.6 Å². The molecule has 1 aliphatic rings. The molecule has 0 aromatic carbocycles. The van der Waals surface area contributed by atoms with Gasteiger partial charge in [0.1, 0.15) is 0 Å². The van der Waals surface area contributed by atoms with Crippen LogP contribution >= 0.6 is 0 Å². The topological polar surface area (TPSA) is 44.4 Å². The molecule has 4 heteroatoms. The fraction of sp³-hybridized carbons (Fsp3) is 0.917. The molecule has 0 spiro atoms. The van der Waals surface area contributed by atoms with Crippen LogP contribution in [0.3, 0.4) is 0 Å². The third-order valence-corrected chi connectivity index (χ3v) is 3.40. The maximum atomic E-state index is 11.8. The fourth-order valence-electron chi connectivity index (χ4n) is 2.14. The summed E-state index contributed by atoms with van der Waals surface area (Å²) in [5, 5.41) is 6.39. The number of hydrogen-bond acceptors (Lipinski definition) is 3. The van der Waals surface area contributed by atoms with Crippen molar-refractivity contribution in [2.75, 3.05) is 26.7 Å². The number of nitrogens with zero attached hydrogens (tertiary/aromatic N) is 1. The van der Waals surface area contributed by atoms with Gasteiger partial charge in [-0.25, -0.2) is 0 Å². The largest absolute Gasteiger partial charge is 0.352 e. The van der Waals surface area contributed by atoms with Crippen molar-refractivity contribution in [3.8, 4) is 0 Å². The number of rotatable bonds is 6. The van der Waals surface area contributed by atoms with E-state index in [9.17, 15) is 4.79 Å². The Morgan fingerprint density at radius 1 is 1.50 bits per heavy atom. The first-order valence-electron chi connectivity index (χ1n) is 6.37. The van der Waals surface area contributed by atoms with Gasteiger partial charge in [0.15, 0.2) is 0 Å². The minimum Gasteiger partial charge on any atom is -0.352 e. The Labute approximate surface area is 98.8 Å². The van der Waals surface area contributed by atoms with Crippen LogP contribution in [0.25, 0.3) is 0 Å².